The second-order valence-electron chi connectivity index (χ2n) is 2.74. The Morgan fingerprint density at radius 1 is 1.46 bits per heavy atom. The minimum Gasteiger partial charge on any atom is -0.465 e. The molecule has 4 heteroatoms. The summed E-state index contributed by atoms with van der Waals surface area (Å²) in [4.78, 5) is 13.0. The molecule has 0 radical (unpaired) electrons. The van der Waals surface area contributed by atoms with Crippen LogP contribution < -0.4 is 0 Å². The van der Waals surface area contributed by atoms with E-state index in [1.165, 1.54) is 0 Å². The van der Waals surface area contributed by atoms with Crippen LogP contribution in [0.2, 0.25) is 0 Å². The molecule has 78 valence electrons. The molecule has 3 nitrogen and oxygen atoms in total. The molecule has 0 aromatic rings. The SMILES string of the molecule is CCOC(=O)CN(C)CCSCC. The first-order valence-corrected chi connectivity index (χ1v) is 5.78. The molecule has 0 saturated carbocycles. The van der Waals surface area contributed by atoms with E-state index in [4.69, 9.17) is 4.74 Å². The maximum Gasteiger partial charge on any atom is 0.320 e. The van der Waals surface area contributed by atoms with Crippen molar-refractivity contribution in [2.24, 2.45) is 0 Å². The molecular weight excluding hydrogens is 186 g/mol. The van der Waals surface area contributed by atoms with Gasteiger partial charge in [0.2, 0.25) is 0 Å². The summed E-state index contributed by atoms with van der Waals surface area (Å²) >= 11 is 1.88. The third-order valence-corrected chi connectivity index (χ3v) is 2.41. The predicted octanol–water partition coefficient (Wildman–Crippen LogP) is 1.23. The van der Waals surface area contributed by atoms with Gasteiger partial charge in [-0.25, -0.2) is 0 Å². The van der Waals surface area contributed by atoms with Crippen LogP contribution in [0.5, 0.6) is 0 Å². The van der Waals surface area contributed by atoms with Crippen molar-refractivity contribution in [1.29, 1.82) is 0 Å². The Hall–Kier alpha value is -0.220. The van der Waals surface area contributed by atoms with Crippen molar-refractivity contribution in [3.8, 4) is 0 Å². The Morgan fingerprint density at radius 3 is 2.69 bits per heavy atom. The minimum absolute atomic E-state index is 0.133. The average molecular weight is 205 g/mol. The quantitative estimate of drug-likeness (QED) is 0.462. The first-order valence-electron chi connectivity index (χ1n) is 4.62. The van der Waals surface area contributed by atoms with Gasteiger partial charge in [-0.2, -0.15) is 11.8 Å². The van der Waals surface area contributed by atoms with E-state index in [0.717, 1.165) is 18.1 Å². The van der Waals surface area contributed by atoms with Crippen molar-refractivity contribution in [3.63, 3.8) is 0 Å². The standard InChI is InChI=1S/C9H19NO2S/c1-4-12-9(11)8-10(3)6-7-13-5-2/h4-8H2,1-3H3. The van der Waals surface area contributed by atoms with E-state index in [-0.39, 0.29) is 5.97 Å². The number of likely N-dealkylation sites (N-methyl/N-ethyl adjacent to an activating group) is 1. The van der Waals surface area contributed by atoms with E-state index in [1.807, 2.05) is 30.6 Å². The number of esters is 1. The first kappa shape index (κ1) is 12.8. The van der Waals surface area contributed by atoms with E-state index in [2.05, 4.69) is 6.92 Å². The normalized spacial score (nSPS) is 10.5. The molecule has 0 amide bonds. The number of ether oxygens (including phenoxy) is 1. The Labute approximate surface area is 84.8 Å². The minimum atomic E-state index is -0.133. The number of hydrogen-bond donors (Lipinski definition) is 0. The van der Waals surface area contributed by atoms with Gasteiger partial charge in [-0.05, 0) is 19.7 Å². The van der Waals surface area contributed by atoms with E-state index in [9.17, 15) is 4.79 Å². The lowest BCUT2D eigenvalue weighted by Crippen LogP contribution is -2.29. The van der Waals surface area contributed by atoms with E-state index in [0.29, 0.717) is 13.2 Å². The highest BCUT2D eigenvalue weighted by Gasteiger charge is 2.05. The molecule has 0 aromatic carbocycles. The van der Waals surface area contributed by atoms with Crippen molar-refractivity contribution in [2.45, 2.75) is 13.8 Å². The van der Waals surface area contributed by atoms with Gasteiger partial charge in [0.25, 0.3) is 0 Å². The fraction of sp³-hybridized carbons (Fsp3) is 0.889. The molecule has 0 aromatic heterocycles. The molecule has 0 aliphatic rings. The Balaban J connectivity index is 3.38. The van der Waals surface area contributed by atoms with Crippen LogP contribution in [0, 0.1) is 0 Å². The second-order valence-corrected chi connectivity index (χ2v) is 4.13. The van der Waals surface area contributed by atoms with Gasteiger partial charge in [-0.3, -0.25) is 9.69 Å². The zero-order valence-electron chi connectivity index (χ0n) is 8.71. The number of carbonyl (C=O) groups excluding carboxylic acids is 1. The molecule has 0 atom stereocenters. The zero-order valence-corrected chi connectivity index (χ0v) is 9.52. The summed E-state index contributed by atoms with van der Waals surface area (Å²) in [6, 6.07) is 0. The molecular formula is C9H19NO2S. The van der Waals surface area contributed by atoms with Gasteiger partial charge >= 0.3 is 5.97 Å². The number of thioether (sulfide) groups is 1. The van der Waals surface area contributed by atoms with Gasteiger partial charge in [0.15, 0.2) is 0 Å². The fourth-order valence-corrected chi connectivity index (χ4v) is 1.60. The van der Waals surface area contributed by atoms with Gasteiger partial charge < -0.3 is 4.74 Å². The Bertz CT molecular complexity index is 142. The highest BCUT2D eigenvalue weighted by Crippen LogP contribution is 1.98. The topological polar surface area (TPSA) is 29.5 Å². The van der Waals surface area contributed by atoms with Crippen LogP contribution in [0.3, 0.4) is 0 Å². The third kappa shape index (κ3) is 8.12. The van der Waals surface area contributed by atoms with E-state index in [1.54, 1.807) is 0 Å². The smallest absolute Gasteiger partial charge is 0.320 e. The lowest BCUT2D eigenvalue weighted by molar-refractivity contribution is -0.144. The molecule has 0 saturated heterocycles. The lowest BCUT2D eigenvalue weighted by atomic mass is 10.5. The van der Waals surface area contributed by atoms with Gasteiger partial charge in [-0.15, -0.1) is 0 Å². The largest absolute Gasteiger partial charge is 0.465 e. The van der Waals surface area contributed by atoms with Crippen molar-refractivity contribution in [3.05, 3.63) is 0 Å². The van der Waals surface area contributed by atoms with Crippen LogP contribution >= 0.6 is 11.8 Å². The highest BCUT2D eigenvalue weighted by atomic mass is 32.2. The average Bonchev–Trinajstić information content (AvgIpc) is 2.05. The monoisotopic (exact) mass is 205 g/mol. The highest BCUT2D eigenvalue weighted by molar-refractivity contribution is 7.99. The number of nitrogens with zero attached hydrogens (tertiary/aromatic N) is 1. The molecule has 0 heterocycles. The van der Waals surface area contributed by atoms with Crippen molar-refractivity contribution in [2.75, 3.05) is 38.2 Å². The van der Waals surface area contributed by atoms with Crippen LogP contribution in [0.25, 0.3) is 0 Å². The number of rotatable bonds is 7. The Kier molecular flexibility index (Phi) is 8.24. The van der Waals surface area contributed by atoms with Crippen LogP contribution in [0.4, 0.5) is 0 Å². The summed E-state index contributed by atoms with van der Waals surface area (Å²) in [7, 11) is 1.94. The predicted molar refractivity (Wildman–Crippen MR) is 57.1 cm³/mol. The number of hydrogen-bond acceptors (Lipinski definition) is 4. The molecule has 0 rings (SSSR count). The van der Waals surface area contributed by atoms with Crippen LogP contribution in [-0.2, 0) is 9.53 Å². The van der Waals surface area contributed by atoms with E-state index >= 15 is 0 Å². The molecule has 0 bridgehead atoms. The second kappa shape index (κ2) is 8.38. The molecule has 0 aliphatic heterocycles. The summed E-state index contributed by atoms with van der Waals surface area (Å²) in [6.07, 6.45) is 0. The van der Waals surface area contributed by atoms with Gasteiger partial charge in [0, 0.05) is 12.3 Å². The molecule has 0 N–H and O–H groups in total. The third-order valence-electron chi connectivity index (χ3n) is 1.53. The summed E-state index contributed by atoms with van der Waals surface area (Å²) in [5, 5.41) is 0. The van der Waals surface area contributed by atoms with Crippen molar-refractivity contribution >= 4 is 17.7 Å². The molecule has 13 heavy (non-hydrogen) atoms. The van der Waals surface area contributed by atoms with Crippen LogP contribution in [0.1, 0.15) is 13.8 Å². The fourth-order valence-electron chi connectivity index (χ4n) is 0.871. The lowest BCUT2D eigenvalue weighted by Gasteiger charge is -2.14. The maximum atomic E-state index is 11.0. The Morgan fingerprint density at radius 2 is 2.15 bits per heavy atom. The van der Waals surface area contributed by atoms with Gasteiger partial charge in [0.1, 0.15) is 0 Å². The molecule has 0 aliphatic carbocycles. The van der Waals surface area contributed by atoms with Crippen molar-refractivity contribution in [1.82, 2.24) is 4.90 Å². The summed E-state index contributed by atoms with van der Waals surface area (Å²) in [5.74, 6) is 2.08. The summed E-state index contributed by atoms with van der Waals surface area (Å²) in [5.41, 5.74) is 0. The molecule has 0 unspecified atom stereocenters. The van der Waals surface area contributed by atoms with Gasteiger partial charge in [0.05, 0.1) is 13.2 Å². The summed E-state index contributed by atoms with van der Waals surface area (Å²) in [6.45, 7) is 5.77. The van der Waals surface area contributed by atoms with Gasteiger partial charge in [-0.1, -0.05) is 6.92 Å². The maximum absolute atomic E-state index is 11.0. The van der Waals surface area contributed by atoms with Crippen LogP contribution in [-0.4, -0.2) is 49.1 Å². The first-order chi connectivity index (χ1) is 6.20. The summed E-state index contributed by atoms with van der Waals surface area (Å²) < 4.78 is 4.83. The van der Waals surface area contributed by atoms with E-state index < -0.39 is 0 Å². The zero-order chi connectivity index (χ0) is 10.1. The van der Waals surface area contributed by atoms with Crippen LogP contribution in [0.15, 0.2) is 0 Å². The molecule has 0 fully saturated rings. The molecule has 0 spiro atoms. The number of carbonyl (C=O) groups is 1. The van der Waals surface area contributed by atoms with Crippen molar-refractivity contribution < 1.29 is 9.53 Å².